The highest BCUT2D eigenvalue weighted by Gasteiger charge is 2.24. The zero-order valence-corrected chi connectivity index (χ0v) is 15.6. The van der Waals surface area contributed by atoms with Crippen LogP contribution < -0.4 is 0 Å². The second-order valence-electron chi connectivity index (χ2n) is 7.18. The molecule has 0 saturated carbocycles. The van der Waals surface area contributed by atoms with E-state index >= 15 is 0 Å². The Morgan fingerprint density at radius 3 is 1.88 bits per heavy atom. The molecule has 0 radical (unpaired) electrons. The third kappa shape index (κ3) is 9.60. The van der Waals surface area contributed by atoms with Gasteiger partial charge in [-0.15, -0.1) is 0 Å². The molecule has 5 heteroatoms. The van der Waals surface area contributed by atoms with Crippen molar-refractivity contribution in [3.8, 4) is 0 Å². The molecule has 0 aromatic rings. The van der Waals surface area contributed by atoms with E-state index in [0.717, 1.165) is 32.3 Å². The lowest BCUT2D eigenvalue weighted by molar-refractivity contribution is -0.137. The summed E-state index contributed by atoms with van der Waals surface area (Å²) in [7, 11) is 1.00. The number of rotatable bonds is 6. The highest BCUT2D eigenvalue weighted by atomic mass is 16.4. The zero-order valence-electron chi connectivity index (χ0n) is 15.6. The fourth-order valence-corrected chi connectivity index (χ4v) is 3.84. The number of carboxylic acid groups (broad SMARTS) is 1. The molecular weight excluding hydrogens is 304 g/mol. The number of piperidine rings is 4. The number of carboxylic acids is 1. The first kappa shape index (κ1) is 21.4. The number of likely N-dealkylation sites (tertiary alicyclic amines) is 1. The molecule has 4 heterocycles. The Balaban J connectivity index is 0.000000241. The van der Waals surface area contributed by atoms with Gasteiger partial charge in [0, 0.05) is 13.5 Å². The topological polar surface area (TPSA) is 64.0 Å². The number of fused-ring (bicyclic) bond motifs is 3. The van der Waals surface area contributed by atoms with E-state index in [9.17, 15) is 4.79 Å². The maximum atomic E-state index is 10.3. The molecule has 24 heavy (non-hydrogen) atoms. The second-order valence-corrected chi connectivity index (χ2v) is 7.18. The van der Waals surface area contributed by atoms with Gasteiger partial charge in [-0.05, 0) is 90.1 Å². The highest BCUT2D eigenvalue weighted by molar-refractivity contribution is 5.66. The highest BCUT2D eigenvalue weighted by Crippen LogP contribution is 2.26. The van der Waals surface area contributed by atoms with Crippen LogP contribution in [0, 0.1) is 5.92 Å². The lowest BCUT2D eigenvalue weighted by atomic mass is 9.89. The molecule has 2 bridgehead atoms. The minimum Gasteiger partial charge on any atom is -0.481 e. The van der Waals surface area contributed by atoms with E-state index in [0.29, 0.717) is 6.42 Å². The molecule has 4 aliphatic heterocycles. The molecule has 4 rings (SSSR count). The number of aliphatic carboxylic acids is 1. The van der Waals surface area contributed by atoms with Crippen LogP contribution in [0.2, 0.25) is 0 Å². The number of carbonyl (C=O) groups is 1. The van der Waals surface area contributed by atoms with Crippen LogP contribution >= 0.6 is 0 Å². The zero-order chi connectivity index (χ0) is 17.6. The van der Waals surface area contributed by atoms with Gasteiger partial charge >= 0.3 is 5.97 Å². The van der Waals surface area contributed by atoms with Crippen LogP contribution in [-0.4, -0.2) is 72.4 Å². The summed E-state index contributed by atoms with van der Waals surface area (Å²) in [6.07, 6.45) is 11.9. The van der Waals surface area contributed by atoms with Crippen molar-refractivity contribution in [2.75, 3.05) is 46.4 Å². The van der Waals surface area contributed by atoms with Crippen molar-refractivity contribution in [1.29, 1.82) is 0 Å². The fourth-order valence-electron chi connectivity index (χ4n) is 3.84. The van der Waals surface area contributed by atoms with Crippen molar-refractivity contribution in [1.82, 2.24) is 9.80 Å². The average molecular weight is 343 g/mol. The van der Waals surface area contributed by atoms with Gasteiger partial charge in [-0.1, -0.05) is 12.8 Å². The average Bonchev–Trinajstić information content (AvgIpc) is 2.66. The number of hydrogen-bond acceptors (Lipinski definition) is 4. The fraction of sp³-hybridized carbons (Fsp3) is 0.947. The maximum absolute atomic E-state index is 10.3. The van der Waals surface area contributed by atoms with E-state index in [1.807, 2.05) is 0 Å². The van der Waals surface area contributed by atoms with Crippen molar-refractivity contribution in [3.05, 3.63) is 0 Å². The van der Waals surface area contributed by atoms with Gasteiger partial charge in [0.25, 0.3) is 0 Å². The molecule has 2 N–H and O–H groups in total. The first-order chi connectivity index (χ1) is 11.7. The molecule has 0 aromatic carbocycles. The lowest BCUT2D eigenvalue weighted by Gasteiger charge is -2.38. The Morgan fingerprint density at radius 2 is 1.46 bits per heavy atom. The normalized spacial score (nSPS) is 25.9. The standard InChI is InChI=1S/C11H21NO2.C7H13N.CH4O/c13-11(14)7-3-1-4-8-12-9-5-2-6-10-12;1-4-8-5-2-7(1)3-6-8;1-2/h1-10H2,(H,13,14);7H,1-6H2;2H,1H3. The van der Waals surface area contributed by atoms with Gasteiger partial charge in [0.15, 0.2) is 0 Å². The van der Waals surface area contributed by atoms with Crippen LogP contribution in [0.15, 0.2) is 0 Å². The van der Waals surface area contributed by atoms with Gasteiger partial charge in [0.1, 0.15) is 0 Å². The summed E-state index contributed by atoms with van der Waals surface area (Å²) < 4.78 is 0. The van der Waals surface area contributed by atoms with Crippen molar-refractivity contribution in [2.24, 2.45) is 5.92 Å². The number of nitrogens with zero attached hydrogens (tertiary/aromatic N) is 2. The molecule has 4 saturated heterocycles. The maximum Gasteiger partial charge on any atom is 0.303 e. The first-order valence-electron chi connectivity index (χ1n) is 9.85. The minimum absolute atomic E-state index is 0.333. The SMILES string of the molecule is C1CN2CCC1CC2.CO.O=C(O)CCCCCN1CCCCC1. The van der Waals surface area contributed by atoms with E-state index < -0.39 is 5.97 Å². The van der Waals surface area contributed by atoms with E-state index in [1.165, 1.54) is 77.8 Å². The molecule has 0 amide bonds. The van der Waals surface area contributed by atoms with E-state index in [-0.39, 0.29) is 0 Å². The lowest BCUT2D eigenvalue weighted by Crippen LogP contribution is -2.41. The van der Waals surface area contributed by atoms with Crippen LogP contribution in [-0.2, 0) is 4.79 Å². The third-order valence-electron chi connectivity index (χ3n) is 5.37. The Labute approximate surface area is 148 Å². The van der Waals surface area contributed by atoms with Crippen molar-refractivity contribution in [2.45, 2.75) is 64.2 Å². The van der Waals surface area contributed by atoms with Gasteiger partial charge < -0.3 is 20.0 Å². The molecule has 4 aliphatic rings. The summed E-state index contributed by atoms with van der Waals surface area (Å²) in [4.78, 5) is 15.3. The van der Waals surface area contributed by atoms with Crippen molar-refractivity contribution >= 4 is 5.97 Å². The van der Waals surface area contributed by atoms with Crippen LogP contribution in [0.4, 0.5) is 0 Å². The van der Waals surface area contributed by atoms with Crippen LogP contribution in [0.3, 0.4) is 0 Å². The van der Waals surface area contributed by atoms with Gasteiger partial charge in [0.05, 0.1) is 0 Å². The van der Waals surface area contributed by atoms with Crippen molar-refractivity contribution in [3.63, 3.8) is 0 Å². The molecular formula is C19H38N2O3. The molecule has 5 nitrogen and oxygen atoms in total. The third-order valence-corrected chi connectivity index (χ3v) is 5.37. The first-order valence-corrected chi connectivity index (χ1v) is 9.85. The summed E-state index contributed by atoms with van der Waals surface area (Å²) in [5.74, 6) is 0.447. The summed E-state index contributed by atoms with van der Waals surface area (Å²) in [5.41, 5.74) is 0. The van der Waals surface area contributed by atoms with Crippen LogP contribution in [0.5, 0.6) is 0 Å². The van der Waals surface area contributed by atoms with Gasteiger partial charge in [-0.3, -0.25) is 4.79 Å². The summed E-state index contributed by atoms with van der Waals surface area (Å²) in [6, 6.07) is 0. The minimum atomic E-state index is -0.664. The Morgan fingerprint density at radius 1 is 0.875 bits per heavy atom. The van der Waals surface area contributed by atoms with Gasteiger partial charge in [-0.2, -0.15) is 0 Å². The second kappa shape index (κ2) is 13.6. The molecule has 0 aromatic heterocycles. The summed E-state index contributed by atoms with van der Waals surface area (Å²) in [6.45, 7) is 7.84. The molecule has 0 spiro atoms. The van der Waals surface area contributed by atoms with Crippen molar-refractivity contribution < 1.29 is 15.0 Å². The number of unbranched alkanes of at least 4 members (excludes halogenated alkanes) is 2. The Hall–Kier alpha value is -0.650. The van der Waals surface area contributed by atoms with E-state index in [1.54, 1.807) is 0 Å². The summed E-state index contributed by atoms with van der Waals surface area (Å²) in [5, 5.41) is 15.5. The summed E-state index contributed by atoms with van der Waals surface area (Å²) >= 11 is 0. The van der Waals surface area contributed by atoms with E-state index in [4.69, 9.17) is 10.2 Å². The van der Waals surface area contributed by atoms with Gasteiger partial charge in [0.2, 0.25) is 0 Å². The molecule has 0 aliphatic carbocycles. The smallest absolute Gasteiger partial charge is 0.303 e. The quantitative estimate of drug-likeness (QED) is 0.727. The Kier molecular flexibility index (Phi) is 12.1. The molecule has 0 unspecified atom stereocenters. The van der Waals surface area contributed by atoms with E-state index in [2.05, 4.69) is 9.80 Å². The molecule has 0 atom stereocenters. The van der Waals surface area contributed by atoms with Crippen LogP contribution in [0.1, 0.15) is 64.2 Å². The predicted molar refractivity (Wildman–Crippen MR) is 98.3 cm³/mol. The monoisotopic (exact) mass is 342 g/mol. The molecule has 142 valence electrons. The largest absolute Gasteiger partial charge is 0.481 e. The number of aliphatic hydroxyl groups is 1. The van der Waals surface area contributed by atoms with Gasteiger partial charge in [-0.25, -0.2) is 0 Å². The predicted octanol–water partition coefficient (Wildman–Crippen LogP) is 2.83. The Bertz CT molecular complexity index is 289. The number of hydrogen-bond donors (Lipinski definition) is 2. The van der Waals surface area contributed by atoms with Crippen LogP contribution in [0.25, 0.3) is 0 Å². The number of aliphatic hydroxyl groups excluding tert-OH is 1. The molecule has 4 fully saturated rings.